The van der Waals surface area contributed by atoms with E-state index < -0.39 is 23.3 Å². The van der Waals surface area contributed by atoms with Crippen molar-refractivity contribution < 1.29 is 23.1 Å². The fraction of sp³-hybridized carbons (Fsp3) is 0.364. The van der Waals surface area contributed by atoms with Crippen molar-refractivity contribution in [3.8, 4) is 0 Å². The number of likely N-dealkylation sites (N-methyl/N-ethyl adjacent to an activating group) is 1. The number of carbonyl (C=O) groups excluding carboxylic acids is 1. The van der Waals surface area contributed by atoms with Crippen LogP contribution in [0.1, 0.15) is 15.9 Å². The van der Waals surface area contributed by atoms with Gasteiger partial charge in [-0.1, -0.05) is 6.07 Å². The second-order valence-corrected chi connectivity index (χ2v) is 3.71. The number of para-hydroxylation sites is 1. The minimum absolute atomic E-state index is 0.0223. The molecule has 0 aliphatic heterocycles. The van der Waals surface area contributed by atoms with Gasteiger partial charge in [0.15, 0.2) is 0 Å². The number of nitrogens with zero attached hydrogens (tertiary/aromatic N) is 1. The smallest absolute Gasteiger partial charge is 0.398 e. The molecule has 0 aromatic heterocycles. The van der Waals surface area contributed by atoms with Crippen LogP contribution in [0.5, 0.6) is 0 Å². The van der Waals surface area contributed by atoms with Gasteiger partial charge in [0.05, 0.1) is 23.4 Å². The van der Waals surface area contributed by atoms with Crippen LogP contribution < -0.4 is 5.73 Å². The fourth-order valence-corrected chi connectivity index (χ4v) is 1.46. The maximum absolute atomic E-state index is 12.6. The Bertz CT molecular complexity index is 446. The third kappa shape index (κ3) is 2.92. The number of benzene rings is 1. The van der Waals surface area contributed by atoms with Gasteiger partial charge in [0.1, 0.15) is 0 Å². The van der Waals surface area contributed by atoms with E-state index in [4.69, 9.17) is 10.8 Å². The van der Waals surface area contributed by atoms with E-state index in [0.717, 1.165) is 17.0 Å². The van der Waals surface area contributed by atoms with Crippen LogP contribution in [0.2, 0.25) is 0 Å². The number of carbonyl (C=O) groups is 1. The van der Waals surface area contributed by atoms with Crippen LogP contribution in [0.25, 0.3) is 0 Å². The molecule has 1 rings (SSSR count). The molecule has 0 fully saturated rings. The van der Waals surface area contributed by atoms with E-state index >= 15 is 0 Å². The van der Waals surface area contributed by atoms with Gasteiger partial charge in [0.25, 0.3) is 5.91 Å². The van der Waals surface area contributed by atoms with Crippen molar-refractivity contribution in [2.45, 2.75) is 6.18 Å². The van der Waals surface area contributed by atoms with Crippen LogP contribution in [0.4, 0.5) is 18.9 Å². The second kappa shape index (κ2) is 5.26. The summed E-state index contributed by atoms with van der Waals surface area (Å²) in [4.78, 5) is 12.9. The first kappa shape index (κ1) is 14.3. The number of nitrogen functional groups attached to an aromatic ring is 1. The zero-order valence-corrected chi connectivity index (χ0v) is 9.66. The standard InChI is InChI=1S/C11H13F3N2O2/c1-16(5-6-17)10(18)7-3-2-4-8(9(7)15)11(12,13)14/h2-4,17H,5-6,15H2,1H3. The predicted molar refractivity (Wildman–Crippen MR) is 59.9 cm³/mol. The van der Waals surface area contributed by atoms with E-state index in [1.807, 2.05) is 0 Å². The van der Waals surface area contributed by atoms with Crippen molar-refractivity contribution in [2.75, 3.05) is 25.9 Å². The molecule has 0 atom stereocenters. The number of anilines is 1. The normalized spacial score (nSPS) is 11.4. The highest BCUT2D eigenvalue weighted by Crippen LogP contribution is 2.35. The van der Waals surface area contributed by atoms with Gasteiger partial charge in [0, 0.05) is 13.6 Å². The number of amides is 1. The molecule has 0 spiro atoms. The molecule has 0 bridgehead atoms. The predicted octanol–water partition coefficient (Wildman–Crippen LogP) is 1.35. The van der Waals surface area contributed by atoms with Gasteiger partial charge < -0.3 is 15.7 Å². The van der Waals surface area contributed by atoms with Gasteiger partial charge >= 0.3 is 6.18 Å². The Morgan fingerprint density at radius 2 is 2.06 bits per heavy atom. The molecule has 1 aromatic carbocycles. The number of hydrogen-bond acceptors (Lipinski definition) is 3. The molecule has 0 radical (unpaired) electrons. The molecule has 0 aliphatic carbocycles. The summed E-state index contributed by atoms with van der Waals surface area (Å²) < 4.78 is 37.8. The molecule has 1 aromatic rings. The first-order valence-corrected chi connectivity index (χ1v) is 5.11. The van der Waals surface area contributed by atoms with Crippen molar-refractivity contribution in [1.82, 2.24) is 4.90 Å². The molecule has 4 nitrogen and oxygen atoms in total. The third-order valence-electron chi connectivity index (χ3n) is 2.42. The van der Waals surface area contributed by atoms with Crippen LogP contribution in [0.3, 0.4) is 0 Å². The van der Waals surface area contributed by atoms with Crippen molar-refractivity contribution in [3.63, 3.8) is 0 Å². The lowest BCUT2D eigenvalue weighted by Crippen LogP contribution is -2.30. The SMILES string of the molecule is CN(CCO)C(=O)c1cccc(C(F)(F)F)c1N. The van der Waals surface area contributed by atoms with Crippen molar-refractivity contribution >= 4 is 11.6 Å². The van der Waals surface area contributed by atoms with Crippen molar-refractivity contribution in [1.29, 1.82) is 0 Å². The lowest BCUT2D eigenvalue weighted by Gasteiger charge is -2.18. The number of halogens is 3. The van der Waals surface area contributed by atoms with Crippen LogP contribution in [0, 0.1) is 0 Å². The van der Waals surface area contributed by atoms with Crippen molar-refractivity contribution in [2.24, 2.45) is 0 Å². The summed E-state index contributed by atoms with van der Waals surface area (Å²) in [6, 6.07) is 3.16. The number of aliphatic hydroxyl groups is 1. The minimum Gasteiger partial charge on any atom is -0.398 e. The summed E-state index contributed by atoms with van der Waals surface area (Å²) in [7, 11) is 1.37. The first-order chi connectivity index (χ1) is 8.29. The first-order valence-electron chi connectivity index (χ1n) is 5.11. The Hall–Kier alpha value is -1.76. The van der Waals surface area contributed by atoms with Gasteiger partial charge in [0.2, 0.25) is 0 Å². The maximum atomic E-state index is 12.6. The van der Waals surface area contributed by atoms with Gasteiger partial charge in [-0.05, 0) is 12.1 Å². The summed E-state index contributed by atoms with van der Waals surface area (Å²) in [5, 5.41) is 8.68. The van der Waals surface area contributed by atoms with Gasteiger partial charge in [-0.3, -0.25) is 4.79 Å². The topological polar surface area (TPSA) is 66.6 Å². The Morgan fingerprint density at radius 3 is 2.56 bits per heavy atom. The molecule has 3 N–H and O–H groups in total. The van der Waals surface area contributed by atoms with E-state index in [0.29, 0.717) is 0 Å². The summed E-state index contributed by atoms with van der Waals surface area (Å²) in [6.07, 6.45) is -4.60. The summed E-state index contributed by atoms with van der Waals surface area (Å²) >= 11 is 0. The molecule has 0 saturated carbocycles. The Kier molecular flexibility index (Phi) is 4.18. The number of alkyl halides is 3. The maximum Gasteiger partial charge on any atom is 0.418 e. The van der Waals surface area contributed by atoms with Crippen LogP contribution in [-0.2, 0) is 6.18 Å². The second-order valence-electron chi connectivity index (χ2n) is 3.71. The average Bonchev–Trinajstić information content (AvgIpc) is 2.27. The quantitative estimate of drug-likeness (QED) is 0.808. The lowest BCUT2D eigenvalue weighted by molar-refractivity contribution is -0.136. The van der Waals surface area contributed by atoms with E-state index in [9.17, 15) is 18.0 Å². The fourth-order valence-electron chi connectivity index (χ4n) is 1.46. The Morgan fingerprint density at radius 1 is 1.44 bits per heavy atom. The van der Waals surface area contributed by atoms with E-state index in [1.54, 1.807) is 0 Å². The monoisotopic (exact) mass is 262 g/mol. The van der Waals surface area contributed by atoms with E-state index in [1.165, 1.54) is 13.1 Å². The summed E-state index contributed by atoms with van der Waals surface area (Å²) in [6.45, 7) is -0.254. The van der Waals surface area contributed by atoms with Gasteiger partial charge in [-0.15, -0.1) is 0 Å². The van der Waals surface area contributed by atoms with E-state index in [-0.39, 0.29) is 18.7 Å². The molecule has 7 heteroatoms. The van der Waals surface area contributed by atoms with Gasteiger partial charge in [-0.2, -0.15) is 13.2 Å². The summed E-state index contributed by atoms with van der Waals surface area (Å²) in [5.74, 6) is -0.660. The highest BCUT2D eigenvalue weighted by Gasteiger charge is 2.34. The molecule has 1 amide bonds. The molecule has 0 heterocycles. The molecular weight excluding hydrogens is 249 g/mol. The minimum atomic E-state index is -4.60. The van der Waals surface area contributed by atoms with E-state index in [2.05, 4.69) is 0 Å². The van der Waals surface area contributed by atoms with Crippen LogP contribution in [-0.4, -0.2) is 36.1 Å². The molecule has 0 saturated heterocycles. The number of nitrogens with two attached hydrogens (primary N) is 1. The molecule has 18 heavy (non-hydrogen) atoms. The highest BCUT2D eigenvalue weighted by molar-refractivity contribution is 5.99. The largest absolute Gasteiger partial charge is 0.418 e. The zero-order valence-electron chi connectivity index (χ0n) is 9.66. The molecule has 100 valence electrons. The zero-order chi connectivity index (χ0) is 13.9. The van der Waals surface area contributed by atoms with Crippen LogP contribution >= 0.6 is 0 Å². The molecule has 0 aliphatic rings. The van der Waals surface area contributed by atoms with Crippen molar-refractivity contribution in [3.05, 3.63) is 29.3 Å². The lowest BCUT2D eigenvalue weighted by atomic mass is 10.1. The molecule has 0 unspecified atom stereocenters. The third-order valence-corrected chi connectivity index (χ3v) is 2.42. The number of rotatable bonds is 3. The highest BCUT2D eigenvalue weighted by atomic mass is 19.4. The number of hydrogen-bond donors (Lipinski definition) is 2. The Labute approximate surface area is 102 Å². The molecular formula is C11H13F3N2O2. The Balaban J connectivity index is 3.15. The average molecular weight is 262 g/mol. The number of aliphatic hydroxyl groups excluding tert-OH is 1. The van der Waals surface area contributed by atoms with Crippen LogP contribution in [0.15, 0.2) is 18.2 Å². The summed E-state index contributed by atoms with van der Waals surface area (Å²) in [5.41, 5.74) is 3.52. The van der Waals surface area contributed by atoms with Gasteiger partial charge in [-0.25, -0.2) is 0 Å².